The number of halogens is 3. The average molecular weight is 587 g/mol. The van der Waals surface area contributed by atoms with Gasteiger partial charge in [-0.05, 0) is 51.6 Å². The zero-order chi connectivity index (χ0) is 28.6. The maximum Gasteiger partial charge on any atom is 0.324 e. The predicted molar refractivity (Wildman–Crippen MR) is 152 cm³/mol. The van der Waals surface area contributed by atoms with Crippen molar-refractivity contribution in [3.8, 4) is 0 Å². The molecule has 0 bridgehead atoms. The van der Waals surface area contributed by atoms with Gasteiger partial charge in [-0.25, -0.2) is 9.18 Å². The lowest BCUT2D eigenvalue weighted by atomic mass is 9.93. The van der Waals surface area contributed by atoms with E-state index in [0.717, 1.165) is 17.5 Å². The number of benzene rings is 1. The molecule has 1 aliphatic rings. The summed E-state index contributed by atoms with van der Waals surface area (Å²) in [7, 11) is 3.89. The molecule has 0 aliphatic carbocycles. The molecule has 1 fully saturated rings. The molecule has 3 rings (SSSR count). The van der Waals surface area contributed by atoms with Gasteiger partial charge in [0.1, 0.15) is 16.4 Å². The number of amides is 4. The van der Waals surface area contributed by atoms with Crippen molar-refractivity contribution in [2.24, 2.45) is 0 Å². The van der Waals surface area contributed by atoms with Crippen LogP contribution in [0.2, 0.25) is 10.0 Å². The standard InChI is InChI=1S/C26H34Cl2FN5O3S/c1-25(2,3)18-14-15(21(38-18)31-24(37)30-17-9-8-16(29)19(27)20(17)28)22(35)34-13-12-33(11-10-32(6)7)23(36)26(34,4)5/h8-9,14H,10-13H2,1-7H3,(H2,30,31,37). The number of carbonyl (C=O) groups excluding carboxylic acids is 3. The molecule has 208 valence electrons. The highest BCUT2D eigenvalue weighted by molar-refractivity contribution is 7.16. The molecule has 2 N–H and O–H groups in total. The van der Waals surface area contributed by atoms with Crippen molar-refractivity contribution in [1.29, 1.82) is 0 Å². The van der Waals surface area contributed by atoms with Gasteiger partial charge in [0.15, 0.2) is 0 Å². The van der Waals surface area contributed by atoms with Crippen LogP contribution in [0, 0.1) is 5.82 Å². The second kappa shape index (κ2) is 11.4. The van der Waals surface area contributed by atoms with Crippen LogP contribution in [0.15, 0.2) is 18.2 Å². The molecular formula is C26H34Cl2FN5O3S. The van der Waals surface area contributed by atoms with Gasteiger partial charge >= 0.3 is 6.03 Å². The number of thiophene rings is 1. The van der Waals surface area contributed by atoms with Crippen LogP contribution in [0.3, 0.4) is 0 Å². The van der Waals surface area contributed by atoms with Gasteiger partial charge in [-0.3, -0.25) is 14.9 Å². The van der Waals surface area contributed by atoms with Crippen molar-refractivity contribution in [2.75, 3.05) is 50.9 Å². The Kier molecular flexibility index (Phi) is 9.02. The van der Waals surface area contributed by atoms with Gasteiger partial charge in [0.2, 0.25) is 5.91 Å². The largest absolute Gasteiger partial charge is 0.338 e. The molecule has 0 unspecified atom stereocenters. The van der Waals surface area contributed by atoms with E-state index in [1.807, 2.05) is 39.8 Å². The smallest absolute Gasteiger partial charge is 0.324 e. The van der Waals surface area contributed by atoms with Gasteiger partial charge in [0.25, 0.3) is 5.91 Å². The summed E-state index contributed by atoms with van der Waals surface area (Å²) < 4.78 is 13.7. The van der Waals surface area contributed by atoms with Crippen molar-refractivity contribution in [3.05, 3.63) is 44.5 Å². The van der Waals surface area contributed by atoms with Crippen molar-refractivity contribution >= 4 is 63.1 Å². The lowest BCUT2D eigenvalue weighted by Gasteiger charge is -2.46. The fourth-order valence-electron chi connectivity index (χ4n) is 4.03. The van der Waals surface area contributed by atoms with E-state index in [1.54, 1.807) is 29.7 Å². The van der Waals surface area contributed by atoms with Crippen LogP contribution in [0.25, 0.3) is 0 Å². The molecule has 1 saturated heterocycles. The molecule has 1 aromatic heterocycles. The van der Waals surface area contributed by atoms with E-state index in [4.69, 9.17) is 23.2 Å². The van der Waals surface area contributed by atoms with Crippen LogP contribution in [-0.4, -0.2) is 78.4 Å². The first-order chi connectivity index (χ1) is 17.5. The number of urea groups is 1. The van der Waals surface area contributed by atoms with Crippen LogP contribution in [-0.2, 0) is 10.2 Å². The van der Waals surface area contributed by atoms with Gasteiger partial charge < -0.3 is 20.0 Å². The van der Waals surface area contributed by atoms with Gasteiger partial charge in [-0.1, -0.05) is 44.0 Å². The summed E-state index contributed by atoms with van der Waals surface area (Å²) in [6, 6.07) is 3.49. The number of hydrogen-bond donors (Lipinski definition) is 2. The average Bonchev–Trinajstić information content (AvgIpc) is 3.24. The number of nitrogens with zero attached hydrogens (tertiary/aromatic N) is 3. The van der Waals surface area contributed by atoms with Gasteiger partial charge in [0, 0.05) is 31.1 Å². The minimum absolute atomic E-state index is 0.122. The quantitative estimate of drug-likeness (QED) is 0.422. The molecule has 38 heavy (non-hydrogen) atoms. The first kappa shape index (κ1) is 30.1. The van der Waals surface area contributed by atoms with Crippen molar-refractivity contribution in [3.63, 3.8) is 0 Å². The van der Waals surface area contributed by atoms with Gasteiger partial charge in [0.05, 0.1) is 21.3 Å². The molecular weight excluding hydrogens is 552 g/mol. The lowest BCUT2D eigenvalue weighted by Crippen LogP contribution is -2.65. The summed E-state index contributed by atoms with van der Waals surface area (Å²) in [5.74, 6) is -1.18. The summed E-state index contributed by atoms with van der Waals surface area (Å²) in [4.78, 5) is 46.3. The highest BCUT2D eigenvalue weighted by atomic mass is 35.5. The second-order valence-electron chi connectivity index (χ2n) is 11.0. The molecule has 1 aromatic carbocycles. The Morgan fingerprint density at radius 2 is 1.79 bits per heavy atom. The first-order valence-corrected chi connectivity index (χ1v) is 13.7. The molecule has 0 spiro atoms. The summed E-state index contributed by atoms with van der Waals surface area (Å²) in [5.41, 5.74) is -0.943. The molecule has 4 amide bonds. The lowest BCUT2D eigenvalue weighted by molar-refractivity contribution is -0.146. The second-order valence-corrected chi connectivity index (χ2v) is 12.8. The van der Waals surface area contributed by atoms with Crippen LogP contribution >= 0.6 is 34.5 Å². The Balaban J connectivity index is 1.88. The summed E-state index contributed by atoms with van der Waals surface area (Å²) in [5, 5.41) is 5.19. The van der Waals surface area contributed by atoms with E-state index in [9.17, 15) is 18.8 Å². The molecule has 2 aromatic rings. The predicted octanol–water partition coefficient (Wildman–Crippen LogP) is 5.76. The van der Waals surface area contributed by atoms with Crippen molar-refractivity contribution in [1.82, 2.24) is 14.7 Å². The molecule has 0 atom stereocenters. The zero-order valence-corrected chi connectivity index (χ0v) is 25.0. The topological polar surface area (TPSA) is 85.0 Å². The molecule has 1 aliphatic heterocycles. The molecule has 12 heteroatoms. The number of carbonyl (C=O) groups is 3. The number of rotatable bonds is 6. The third-order valence-corrected chi connectivity index (χ3v) is 8.69. The Bertz CT molecular complexity index is 1240. The normalized spacial score (nSPS) is 15.7. The van der Waals surface area contributed by atoms with E-state index >= 15 is 0 Å². The van der Waals surface area contributed by atoms with Gasteiger partial charge in [-0.15, -0.1) is 11.3 Å². The summed E-state index contributed by atoms with van der Waals surface area (Å²) >= 11 is 13.2. The zero-order valence-electron chi connectivity index (χ0n) is 22.7. The number of likely N-dealkylation sites (N-methyl/N-ethyl adjacent to an activating group) is 1. The fraction of sp³-hybridized carbons (Fsp3) is 0.500. The molecule has 0 radical (unpaired) electrons. The minimum Gasteiger partial charge on any atom is -0.338 e. The Labute approximate surface area is 237 Å². The number of nitrogens with one attached hydrogen (secondary N) is 2. The van der Waals surface area contributed by atoms with Crippen LogP contribution in [0.1, 0.15) is 49.9 Å². The molecule has 8 nitrogen and oxygen atoms in total. The van der Waals surface area contributed by atoms with E-state index in [1.165, 1.54) is 17.4 Å². The molecule has 2 heterocycles. The SMILES string of the molecule is CN(C)CCN1CCN(C(=O)c2cc(C(C)(C)C)sc2NC(=O)Nc2ccc(F)c(Cl)c2Cl)C(C)(C)C1=O. The maximum atomic E-state index is 13.9. The highest BCUT2D eigenvalue weighted by Crippen LogP contribution is 2.38. The van der Waals surface area contributed by atoms with Crippen LogP contribution < -0.4 is 10.6 Å². The van der Waals surface area contributed by atoms with Crippen molar-refractivity contribution in [2.45, 2.75) is 45.6 Å². The third-order valence-electron chi connectivity index (χ3n) is 6.35. The summed E-state index contributed by atoms with van der Waals surface area (Å²) in [6.45, 7) is 11.6. The van der Waals surface area contributed by atoms with E-state index < -0.39 is 17.4 Å². The number of hydrogen-bond acceptors (Lipinski definition) is 5. The van der Waals surface area contributed by atoms with E-state index in [0.29, 0.717) is 30.2 Å². The third kappa shape index (κ3) is 6.42. The van der Waals surface area contributed by atoms with Crippen molar-refractivity contribution < 1.29 is 18.8 Å². The number of anilines is 2. The Morgan fingerprint density at radius 1 is 1.13 bits per heavy atom. The summed E-state index contributed by atoms with van der Waals surface area (Å²) in [6.07, 6.45) is 0. The highest BCUT2D eigenvalue weighted by Gasteiger charge is 2.45. The van der Waals surface area contributed by atoms with Gasteiger partial charge in [-0.2, -0.15) is 0 Å². The molecule has 0 saturated carbocycles. The van der Waals surface area contributed by atoms with E-state index in [-0.39, 0.29) is 33.0 Å². The minimum atomic E-state index is -1.07. The first-order valence-electron chi connectivity index (χ1n) is 12.2. The van der Waals surface area contributed by atoms with Crippen LogP contribution in [0.4, 0.5) is 19.9 Å². The fourth-order valence-corrected chi connectivity index (χ4v) is 5.50. The Morgan fingerprint density at radius 3 is 2.39 bits per heavy atom. The Hall–Kier alpha value is -2.40. The maximum absolute atomic E-state index is 13.9. The number of piperazine rings is 1. The van der Waals surface area contributed by atoms with E-state index in [2.05, 4.69) is 10.6 Å². The van der Waals surface area contributed by atoms with Crippen LogP contribution in [0.5, 0.6) is 0 Å². The monoisotopic (exact) mass is 585 g/mol.